The monoisotopic (exact) mass is 180 g/mol. The summed E-state index contributed by atoms with van der Waals surface area (Å²) in [4.78, 5) is 3.87. The largest absolute Gasteiger partial charge is 0.323 e. The Kier molecular flexibility index (Phi) is 3.13. The number of aryl methyl sites for hydroxylation is 3. The van der Waals surface area contributed by atoms with Crippen molar-refractivity contribution in [3.8, 4) is 0 Å². The standard InChI is InChI=1S/C4H7N3.C3H5N3/c1-4-5-3-6-7(4)2;1-6-2-4-5-3-6/h3H,1-2H3;2-3H,1H3. The van der Waals surface area contributed by atoms with E-state index in [4.69, 9.17) is 0 Å². The maximum atomic E-state index is 3.87. The molecule has 2 rings (SSSR count). The maximum absolute atomic E-state index is 3.87. The van der Waals surface area contributed by atoms with Crippen molar-refractivity contribution in [1.82, 2.24) is 29.5 Å². The minimum absolute atomic E-state index is 0.944. The number of aromatic nitrogens is 6. The molecule has 0 fully saturated rings. The molecule has 0 bridgehead atoms. The van der Waals surface area contributed by atoms with E-state index in [0.717, 1.165) is 5.82 Å². The summed E-state index contributed by atoms with van der Waals surface area (Å²) in [5, 5.41) is 10.9. The van der Waals surface area contributed by atoms with Crippen LogP contribution in [0.15, 0.2) is 19.0 Å². The summed E-state index contributed by atoms with van der Waals surface area (Å²) in [6, 6.07) is 0. The summed E-state index contributed by atoms with van der Waals surface area (Å²) in [6.07, 6.45) is 4.81. The summed E-state index contributed by atoms with van der Waals surface area (Å²) >= 11 is 0. The molecule has 0 atom stereocenters. The molecule has 0 N–H and O–H groups in total. The van der Waals surface area contributed by atoms with Crippen molar-refractivity contribution >= 4 is 0 Å². The molecule has 0 aromatic carbocycles. The third kappa shape index (κ3) is 3.02. The molecule has 2 aromatic heterocycles. The van der Waals surface area contributed by atoms with E-state index in [1.54, 1.807) is 21.9 Å². The van der Waals surface area contributed by atoms with Crippen LogP contribution in [0.4, 0.5) is 0 Å². The molecule has 6 heteroatoms. The number of hydrogen-bond donors (Lipinski definition) is 0. The van der Waals surface area contributed by atoms with Crippen LogP contribution in [-0.4, -0.2) is 29.5 Å². The molecule has 0 aliphatic carbocycles. The Balaban J connectivity index is 0.000000132. The van der Waals surface area contributed by atoms with E-state index in [1.807, 2.05) is 21.0 Å². The highest BCUT2D eigenvalue weighted by Gasteiger charge is 1.85. The lowest BCUT2D eigenvalue weighted by molar-refractivity contribution is 0.734. The van der Waals surface area contributed by atoms with Crippen molar-refractivity contribution in [3.05, 3.63) is 24.8 Å². The van der Waals surface area contributed by atoms with Crippen LogP contribution in [0.5, 0.6) is 0 Å². The quantitative estimate of drug-likeness (QED) is 0.569. The predicted molar refractivity (Wildman–Crippen MR) is 46.7 cm³/mol. The van der Waals surface area contributed by atoms with Crippen LogP contribution in [0.3, 0.4) is 0 Å². The average Bonchev–Trinajstić information content (AvgIpc) is 2.67. The van der Waals surface area contributed by atoms with E-state index in [0.29, 0.717) is 0 Å². The lowest BCUT2D eigenvalue weighted by atomic mass is 10.7. The molecule has 0 radical (unpaired) electrons. The number of rotatable bonds is 0. The molecule has 13 heavy (non-hydrogen) atoms. The fraction of sp³-hybridized carbons (Fsp3) is 0.429. The van der Waals surface area contributed by atoms with Gasteiger partial charge in [0, 0.05) is 14.1 Å². The van der Waals surface area contributed by atoms with Crippen LogP contribution in [0, 0.1) is 6.92 Å². The summed E-state index contributed by atoms with van der Waals surface area (Å²) in [6.45, 7) is 1.91. The van der Waals surface area contributed by atoms with Crippen molar-refractivity contribution in [1.29, 1.82) is 0 Å². The second-order valence-corrected chi connectivity index (χ2v) is 2.56. The summed E-state index contributed by atoms with van der Waals surface area (Å²) in [7, 11) is 3.74. The lowest BCUT2D eigenvalue weighted by Crippen LogP contribution is -1.91. The molecule has 6 nitrogen and oxygen atoms in total. The van der Waals surface area contributed by atoms with E-state index < -0.39 is 0 Å². The zero-order valence-corrected chi connectivity index (χ0v) is 7.92. The topological polar surface area (TPSA) is 61.4 Å². The highest BCUT2D eigenvalue weighted by Crippen LogP contribution is 1.81. The van der Waals surface area contributed by atoms with Gasteiger partial charge >= 0.3 is 0 Å². The van der Waals surface area contributed by atoms with Gasteiger partial charge in [0.25, 0.3) is 0 Å². The van der Waals surface area contributed by atoms with Gasteiger partial charge in [-0.3, -0.25) is 4.68 Å². The van der Waals surface area contributed by atoms with E-state index in [9.17, 15) is 0 Å². The normalized spacial score (nSPS) is 9.15. The van der Waals surface area contributed by atoms with Crippen molar-refractivity contribution in [3.63, 3.8) is 0 Å². The molecule has 0 saturated heterocycles. The van der Waals surface area contributed by atoms with Crippen LogP contribution in [-0.2, 0) is 14.1 Å². The van der Waals surface area contributed by atoms with Gasteiger partial charge in [-0.05, 0) is 6.92 Å². The minimum Gasteiger partial charge on any atom is -0.323 e. The SMILES string of the molecule is Cc1ncnn1C.Cn1cnnc1. The van der Waals surface area contributed by atoms with E-state index in [2.05, 4.69) is 20.3 Å². The van der Waals surface area contributed by atoms with Gasteiger partial charge in [0.2, 0.25) is 0 Å². The zero-order chi connectivity index (χ0) is 9.68. The van der Waals surface area contributed by atoms with Gasteiger partial charge in [0.15, 0.2) is 0 Å². The minimum atomic E-state index is 0.944. The number of nitrogens with zero attached hydrogens (tertiary/aromatic N) is 6. The first-order chi connectivity index (χ1) is 6.20. The van der Waals surface area contributed by atoms with Crippen LogP contribution in [0.2, 0.25) is 0 Å². The molecule has 70 valence electrons. The van der Waals surface area contributed by atoms with Gasteiger partial charge in [-0.15, -0.1) is 10.2 Å². The van der Waals surface area contributed by atoms with E-state index in [1.165, 1.54) is 6.33 Å². The van der Waals surface area contributed by atoms with Crippen LogP contribution in [0.25, 0.3) is 0 Å². The Morgan fingerprint density at radius 1 is 1.15 bits per heavy atom. The summed E-state index contributed by atoms with van der Waals surface area (Å²) in [5.41, 5.74) is 0. The van der Waals surface area contributed by atoms with Gasteiger partial charge in [-0.25, -0.2) is 4.98 Å². The van der Waals surface area contributed by atoms with Crippen molar-refractivity contribution in [2.45, 2.75) is 6.92 Å². The van der Waals surface area contributed by atoms with Crippen molar-refractivity contribution in [2.24, 2.45) is 14.1 Å². The highest BCUT2D eigenvalue weighted by atomic mass is 15.3. The molecule has 0 saturated carbocycles. The Hall–Kier alpha value is -1.72. The van der Waals surface area contributed by atoms with Gasteiger partial charge in [-0.2, -0.15) is 5.10 Å². The van der Waals surface area contributed by atoms with Crippen LogP contribution < -0.4 is 0 Å². The Morgan fingerprint density at radius 3 is 1.92 bits per heavy atom. The Labute approximate surface area is 76.2 Å². The van der Waals surface area contributed by atoms with Crippen LogP contribution >= 0.6 is 0 Å². The summed E-state index contributed by atoms with van der Waals surface area (Å²) < 4.78 is 3.50. The molecule has 0 amide bonds. The third-order valence-corrected chi connectivity index (χ3v) is 1.47. The molecular formula is C7H12N6. The lowest BCUT2D eigenvalue weighted by Gasteiger charge is -1.84. The predicted octanol–water partition coefficient (Wildman–Crippen LogP) is -0.0614. The summed E-state index contributed by atoms with van der Waals surface area (Å²) in [5.74, 6) is 0.944. The third-order valence-electron chi connectivity index (χ3n) is 1.47. The maximum Gasteiger partial charge on any atom is 0.138 e. The number of hydrogen-bond acceptors (Lipinski definition) is 4. The van der Waals surface area contributed by atoms with E-state index >= 15 is 0 Å². The van der Waals surface area contributed by atoms with Gasteiger partial charge in [0.1, 0.15) is 24.8 Å². The molecular weight excluding hydrogens is 168 g/mol. The molecule has 2 aromatic rings. The first-order valence-electron chi connectivity index (χ1n) is 3.79. The second-order valence-electron chi connectivity index (χ2n) is 2.56. The molecule has 0 aliphatic rings. The molecule has 2 heterocycles. The average molecular weight is 180 g/mol. The van der Waals surface area contributed by atoms with Crippen LogP contribution in [0.1, 0.15) is 5.82 Å². The Morgan fingerprint density at radius 2 is 1.77 bits per heavy atom. The second kappa shape index (κ2) is 4.34. The van der Waals surface area contributed by atoms with Crippen molar-refractivity contribution < 1.29 is 0 Å². The highest BCUT2D eigenvalue weighted by molar-refractivity contribution is 4.75. The smallest absolute Gasteiger partial charge is 0.138 e. The first-order valence-corrected chi connectivity index (χ1v) is 3.79. The van der Waals surface area contributed by atoms with E-state index in [-0.39, 0.29) is 0 Å². The molecule has 0 spiro atoms. The van der Waals surface area contributed by atoms with Crippen molar-refractivity contribution in [2.75, 3.05) is 0 Å². The molecule has 0 aliphatic heterocycles. The first kappa shape index (κ1) is 9.37. The fourth-order valence-electron chi connectivity index (χ4n) is 0.606. The van der Waals surface area contributed by atoms with Gasteiger partial charge in [0.05, 0.1) is 0 Å². The fourth-order valence-corrected chi connectivity index (χ4v) is 0.606. The van der Waals surface area contributed by atoms with Gasteiger partial charge < -0.3 is 4.57 Å². The zero-order valence-electron chi connectivity index (χ0n) is 7.92. The Bertz CT molecular complexity index is 319. The van der Waals surface area contributed by atoms with Gasteiger partial charge in [-0.1, -0.05) is 0 Å². The molecule has 0 unspecified atom stereocenters.